The van der Waals surface area contributed by atoms with Gasteiger partial charge in [0.1, 0.15) is 0 Å². The second-order valence-electron chi connectivity index (χ2n) is 5.68. The number of amides is 2. The van der Waals surface area contributed by atoms with Crippen molar-refractivity contribution in [2.45, 2.75) is 31.6 Å². The average Bonchev–Trinajstić information content (AvgIpc) is 2.97. The van der Waals surface area contributed by atoms with Crippen molar-refractivity contribution in [1.29, 1.82) is 0 Å². The summed E-state index contributed by atoms with van der Waals surface area (Å²) in [5, 5.41) is 3.05. The molecule has 114 valence electrons. The molecule has 1 N–H and O–H groups in total. The molecule has 21 heavy (non-hydrogen) atoms. The van der Waals surface area contributed by atoms with E-state index >= 15 is 0 Å². The Bertz CT molecular complexity index is 476. The van der Waals surface area contributed by atoms with Crippen molar-refractivity contribution in [3.63, 3.8) is 0 Å². The lowest BCUT2D eigenvalue weighted by atomic mass is 10.0. The average molecular weight is 290 g/mol. The number of hydrogen-bond acceptors (Lipinski definition) is 3. The van der Waals surface area contributed by atoms with Crippen molar-refractivity contribution in [3.8, 4) is 0 Å². The number of hydrogen-bond donors (Lipinski definition) is 1. The SMILES string of the molecule is CC(NC(=O)N1CCC2(CC1)OCCO2)c1ccccc1. The number of rotatable bonds is 2. The predicted molar refractivity (Wildman–Crippen MR) is 78.8 cm³/mol. The molecule has 0 radical (unpaired) electrons. The lowest BCUT2D eigenvalue weighted by Crippen LogP contribution is -2.50. The lowest BCUT2D eigenvalue weighted by molar-refractivity contribution is -0.181. The van der Waals surface area contributed by atoms with Crippen molar-refractivity contribution in [3.05, 3.63) is 35.9 Å². The Morgan fingerprint density at radius 3 is 2.43 bits per heavy atom. The molecule has 1 aromatic rings. The normalized spacial score (nSPS) is 22.2. The van der Waals surface area contributed by atoms with Gasteiger partial charge >= 0.3 is 6.03 Å². The Morgan fingerprint density at radius 2 is 1.81 bits per heavy atom. The van der Waals surface area contributed by atoms with Crippen LogP contribution in [0.4, 0.5) is 4.79 Å². The van der Waals surface area contributed by atoms with Gasteiger partial charge in [0.2, 0.25) is 0 Å². The molecule has 2 heterocycles. The molecule has 1 aromatic carbocycles. The summed E-state index contributed by atoms with van der Waals surface area (Å²) in [6.45, 7) is 4.68. The minimum absolute atomic E-state index is 0.00793. The van der Waals surface area contributed by atoms with E-state index in [1.165, 1.54) is 0 Å². The molecule has 1 unspecified atom stereocenters. The monoisotopic (exact) mass is 290 g/mol. The molecule has 5 nitrogen and oxygen atoms in total. The number of likely N-dealkylation sites (tertiary alicyclic amines) is 1. The fraction of sp³-hybridized carbons (Fsp3) is 0.562. The van der Waals surface area contributed by atoms with Gasteiger partial charge in [0, 0.05) is 25.9 Å². The quantitative estimate of drug-likeness (QED) is 0.909. The molecule has 0 aliphatic carbocycles. The van der Waals surface area contributed by atoms with Gasteiger partial charge in [-0.15, -0.1) is 0 Å². The standard InChI is InChI=1S/C16H22N2O3/c1-13(14-5-3-2-4-6-14)17-15(19)18-9-7-16(8-10-18)20-11-12-21-16/h2-6,13H,7-12H2,1H3,(H,17,19). The molecule has 0 saturated carbocycles. The highest BCUT2D eigenvalue weighted by Gasteiger charge is 2.40. The molecular weight excluding hydrogens is 268 g/mol. The third kappa shape index (κ3) is 3.19. The maximum Gasteiger partial charge on any atom is 0.317 e. The Hall–Kier alpha value is -1.59. The zero-order valence-electron chi connectivity index (χ0n) is 12.4. The highest BCUT2D eigenvalue weighted by atomic mass is 16.7. The predicted octanol–water partition coefficient (Wildman–Crippen LogP) is 2.30. The number of ether oxygens (including phenoxy) is 2. The first-order valence-corrected chi connectivity index (χ1v) is 7.57. The van der Waals surface area contributed by atoms with Gasteiger partial charge in [-0.1, -0.05) is 30.3 Å². The van der Waals surface area contributed by atoms with Crippen LogP contribution in [0.15, 0.2) is 30.3 Å². The Kier molecular flexibility index (Phi) is 4.12. The number of urea groups is 1. The van der Waals surface area contributed by atoms with Crippen molar-refractivity contribution < 1.29 is 14.3 Å². The van der Waals surface area contributed by atoms with E-state index in [1.54, 1.807) is 0 Å². The van der Waals surface area contributed by atoms with Gasteiger partial charge in [0.05, 0.1) is 19.3 Å². The summed E-state index contributed by atoms with van der Waals surface area (Å²) in [6, 6.07) is 9.98. The van der Waals surface area contributed by atoms with E-state index in [2.05, 4.69) is 5.32 Å². The van der Waals surface area contributed by atoms with Crippen LogP contribution in [0, 0.1) is 0 Å². The number of carbonyl (C=O) groups is 1. The largest absolute Gasteiger partial charge is 0.347 e. The molecule has 2 fully saturated rings. The molecule has 0 aromatic heterocycles. The van der Waals surface area contributed by atoms with E-state index < -0.39 is 5.79 Å². The second kappa shape index (κ2) is 6.03. The highest BCUT2D eigenvalue weighted by Crippen LogP contribution is 2.31. The minimum Gasteiger partial charge on any atom is -0.347 e. The molecule has 2 aliphatic heterocycles. The molecule has 2 amide bonds. The van der Waals surface area contributed by atoms with Crippen LogP contribution in [-0.2, 0) is 9.47 Å². The van der Waals surface area contributed by atoms with Gasteiger partial charge in [0.15, 0.2) is 5.79 Å². The van der Waals surface area contributed by atoms with E-state index in [0.717, 1.165) is 18.4 Å². The first-order valence-electron chi connectivity index (χ1n) is 7.57. The summed E-state index contributed by atoms with van der Waals surface area (Å²) in [7, 11) is 0. The zero-order valence-corrected chi connectivity index (χ0v) is 12.4. The summed E-state index contributed by atoms with van der Waals surface area (Å²) in [4.78, 5) is 14.2. The summed E-state index contributed by atoms with van der Waals surface area (Å²) in [5.41, 5.74) is 1.11. The van der Waals surface area contributed by atoms with Gasteiger partial charge in [0.25, 0.3) is 0 Å². The van der Waals surface area contributed by atoms with Crippen molar-refractivity contribution in [1.82, 2.24) is 10.2 Å². The van der Waals surface area contributed by atoms with Crippen LogP contribution < -0.4 is 5.32 Å². The number of nitrogens with one attached hydrogen (secondary N) is 1. The van der Waals surface area contributed by atoms with E-state index in [1.807, 2.05) is 42.2 Å². The first-order chi connectivity index (χ1) is 10.2. The number of piperidine rings is 1. The lowest BCUT2D eigenvalue weighted by Gasteiger charge is -2.37. The van der Waals surface area contributed by atoms with E-state index in [0.29, 0.717) is 26.3 Å². The maximum absolute atomic E-state index is 12.3. The molecular formula is C16H22N2O3. The Morgan fingerprint density at radius 1 is 1.19 bits per heavy atom. The topological polar surface area (TPSA) is 50.8 Å². The zero-order chi connectivity index (χ0) is 14.7. The van der Waals surface area contributed by atoms with E-state index in [4.69, 9.17) is 9.47 Å². The number of benzene rings is 1. The third-order valence-corrected chi connectivity index (χ3v) is 4.27. The van der Waals surface area contributed by atoms with Crippen molar-refractivity contribution >= 4 is 6.03 Å². The van der Waals surface area contributed by atoms with Crippen LogP contribution in [0.3, 0.4) is 0 Å². The molecule has 3 rings (SSSR count). The molecule has 5 heteroatoms. The van der Waals surface area contributed by atoms with Gasteiger partial charge in [-0.05, 0) is 12.5 Å². The van der Waals surface area contributed by atoms with Crippen LogP contribution in [0.1, 0.15) is 31.4 Å². The summed E-state index contributed by atoms with van der Waals surface area (Å²) < 4.78 is 11.4. The molecule has 2 aliphatic rings. The number of nitrogens with zero attached hydrogens (tertiary/aromatic N) is 1. The Labute approximate surface area is 125 Å². The molecule has 1 spiro atoms. The summed E-state index contributed by atoms with van der Waals surface area (Å²) >= 11 is 0. The van der Waals surface area contributed by atoms with Crippen LogP contribution in [0.25, 0.3) is 0 Å². The van der Waals surface area contributed by atoms with Crippen LogP contribution in [0.2, 0.25) is 0 Å². The fourth-order valence-corrected chi connectivity index (χ4v) is 2.94. The summed E-state index contributed by atoms with van der Waals surface area (Å²) in [5.74, 6) is -0.429. The van der Waals surface area contributed by atoms with Gasteiger partial charge < -0.3 is 19.7 Å². The second-order valence-corrected chi connectivity index (χ2v) is 5.68. The minimum atomic E-state index is -0.429. The highest BCUT2D eigenvalue weighted by molar-refractivity contribution is 5.74. The third-order valence-electron chi connectivity index (χ3n) is 4.27. The summed E-state index contributed by atoms with van der Waals surface area (Å²) in [6.07, 6.45) is 1.50. The molecule has 0 bridgehead atoms. The van der Waals surface area contributed by atoms with Crippen LogP contribution in [-0.4, -0.2) is 43.0 Å². The molecule has 2 saturated heterocycles. The van der Waals surface area contributed by atoms with Gasteiger partial charge in [-0.2, -0.15) is 0 Å². The van der Waals surface area contributed by atoms with Crippen molar-refractivity contribution in [2.24, 2.45) is 0 Å². The van der Waals surface area contributed by atoms with Gasteiger partial charge in [-0.25, -0.2) is 4.79 Å². The van der Waals surface area contributed by atoms with E-state index in [-0.39, 0.29) is 12.1 Å². The van der Waals surface area contributed by atoms with Gasteiger partial charge in [-0.3, -0.25) is 0 Å². The van der Waals surface area contributed by atoms with E-state index in [9.17, 15) is 4.79 Å². The van der Waals surface area contributed by atoms with Crippen LogP contribution >= 0.6 is 0 Å². The smallest absolute Gasteiger partial charge is 0.317 e. The first kappa shape index (κ1) is 14.4. The van der Waals surface area contributed by atoms with Crippen LogP contribution in [0.5, 0.6) is 0 Å². The number of carbonyl (C=O) groups excluding carboxylic acids is 1. The Balaban J connectivity index is 1.52. The fourth-order valence-electron chi connectivity index (χ4n) is 2.94. The van der Waals surface area contributed by atoms with Crippen molar-refractivity contribution in [2.75, 3.05) is 26.3 Å². The molecule has 1 atom stereocenters. The maximum atomic E-state index is 12.3.